The third-order valence-electron chi connectivity index (χ3n) is 8.10. The zero-order valence-corrected chi connectivity index (χ0v) is 19.7. The van der Waals surface area contributed by atoms with E-state index >= 15 is 0 Å². The third kappa shape index (κ3) is 2.84. The quantitative estimate of drug-likeness (QED) is 0.382. The molecule has 170 valence electrons. The van der Waals surface area contributed by atoms with Crippen molar-refractivity contribution >= 4 is 22.2 Å². The number of rotatable bonds is 2. The minimum absolute atomic E-state index is 0.363. The number of aryl methyl sites for hydroxylation is 2. The Morgan fingerprint density at radius 2 is 1.79 bits per heavy atom. The van der Waals surface area contributed by atoms with Gasteiger partial charge in [0.05, 0.1) is 17.6 Å². The molecule has 1 fully saturated rings. The fourth-order valence-corrected chi connectivity index (χ4v) is 6.28. The molecule has 7 rings (SSSR count). The Hall–Kier alpha value is -3.67. The zero-order valence-electron chi connectivity index (χ0n) is 19.7. The standard InChI is InChI=1S/C28H28N6/c1-19-26(22-6-3-7-24-21(22)9-14-32(24)2)34-25(8-13-30-34)27(31-19)33-15-10-28(11-16-33)17-20-5-4-12-29-23(20)18-28/h3-9,12-14H,10-11,15-18H2,1-2H3. The maximum absolute atomic E-state index is 5.19. The van der Waals surface area contributed by atoms with Gasteiger partial charge in [-0.2, -0.15) is 5.10 Å². The Balaban J connectivity index is 1.25. The van der Waals surface area contributed by atoms with Crippen molar-refractivity contribution in [3.63, 3.8) is 0 Å². The van der Waals surface area contributed by atoms with Gasteiger partial charge in [0.25, 0.3) is 0 Å². The minimum atomic E-state index is 0.363. The van der Waals surface area contributed by atoms with Crippen LogP contribution in [-0.4, -0.2) is 37.2 Å². The maximum atomic E-state index is 5.19. The molecule has 1 aliphatic carbocycles. The number of nitrogens with zero attached hydrogens (tertiary/aromatic N) is 6. The molecule has 0 N–H and O–H groups in total. The first-order valence-corrected chi connectivity index (χ1v) is 12.2. The molecule has 0 amide bonds. The normalized spacial score (nSPS) is 17.2. The van der Waals surface area contributed by atoms with Crippen molar-refractivity contribution in [2.45, 2.75) is 32.6 Å². The summed E-state index contributed by atoms with van der Waals surface area (Å²) in [5.74, 6) is 1.06. The summed E-state index contributed by atoms with van der Waals surface area (Å²) in [4.78, 5) is 12.3. The number of hydrogen-bond acceptors (Lipinski definition) is 4. The van der Waals surface area contributed by atoms with Gasteiger partial charge < -0.3 is 9.47 Å². The summed E-state index contributed by atoms with van der Waals surface area (Å²) >= 11 is 0. The first-order chi connectivity index (χ1) is 16.6. The molecule has 34 heavy (non-hydrogen) atoms. The first-order valence-electron chi connectivity index (χ1n) is 12.2. The minimum Gasteiger partial charge on any atom is -0.355 e. The molecule has 1 aromatic carbocycles. The van der Waals surface area contributed by atoms with E-state index in [0.29, 0.717) is 5.41 Å². The fourth-order valence-electron chi connectivity index (χ4n) is 6.28. The van der Waals surface area contributed by atoms with Gasteiger partial charge >= 0.3 is 0 Å². The van der Waals surface area contributed by atoms with Crippen molar-refractivity contribution in [1.29, 1.82) is 0 Å². The van der Waals surface area contributed by atoms with Crippen LogP contribution in [0.15, 0.2) is 61.1 Å². The van der Waals surface area contributed by atoms with E-state index in [4.69, 9.17) is 10.1 Å². The van der Waals surface area contributed by atoms with Gasteiger partial charge in [0, 0.05) is 54.7 Å². The average Bonchev–Trinajstić information content (AvgIpc) is 3.56. The highest BCUT2D eigenvalue weighted by atomic mass is 15.3. The van der Waals surface area contributed by atoms with Crippen molar-refractivity contribution in [3.8, 4) is 11.3 Å². The number of pyridine rings is 1. The smallest absolute Gasteiger partial charge is 0.155 e. The summed E-state index contributed by atoms with van der Waals surface area (Å²) in [6.45, 7) is 4.16. The highest BCUT2D eigenvalue weighted by Crippen LogP contribution is 2.45. The van der Waals surface area contributed by atoms with Crippen molar-refractivity contribution in [2.75, 3.05) is 18.0 Å². The molecule has 5 aromatic rings. The SMILES string of the molecule is Cc1nc(N2CCC3(CC2)Cc2cccnc2C3)c2ccnn2c1-c1cccc2c1ccn2C. The number of aromatic nitrogens is 5. The van der Waals surface area contributed by atoms with E-state index in [0.717, 1.165) is 42.2 Å². The van der Waals surface area contributed by atoms with Crippen molar-refractivity contribution < 1.29 is 0 Å². The molecule has 5 heterocycles. The highest BCUT2D eigenvalue weighted by Gasteiger charge is 2.41. The lowest BCUT2D eigenvalue weighted by atomic mass is 9.76. The first kappa shape index (κ1) is 19.8. The largest absolute Gasteiger partial charge is 0.355 e. The lowest BCUT2D eigenvalue weighted by molar-refractivity contribution is 0.231. The second kappa shape index (κ2) is 7.16. The van der Waals surface area contributed by atoms with Gasteiger partial charge in [0.1, 0.15) is 5.52 Å². The van der Waals surface area contributed by atoms with Crippen LogP contribution in [0.2, 0.25) is 0 Å². The molecule has 6 nitrogen and oxygen atoms in total. The summed E-state index contributed by atoms with van der Waals surface area (Å²) in [7, 11) is 2.09. The van der Waals surface area contributed by atoms with Crippen LogP contribution < -0.4 is 4.90 Å². The van der Waals surface area contributed by atoms with Crippen LogP contribution in [0.3, 0.4) is 0 Å². The van der Waals surface area contributed by atoms with E-state index in [1.54, 1.807) is 0 Å². The van der Waals surface area contributed by atoms with Crippen LogP contribution in [0.1, 0.15) is 29.8 Å². The molecule has 0 saturated carbocycles. The van der Waals surface area contributed by atoms with Gasteiger partial charge in [-0.1, -0.05) is 18.2 Å². The summed E-state index contributed by atoms with van der Waals surface area (Å²) < 4.78 is 4.26. The second-order valence-electron chi connectivity index (χ2n) is 10.1. The molecule has 0 unspecified atom stereocenters. The number of piperidine rings is 1. The van der Waals surface area contributed by atoms with E-state index in [-0.39, 0.29) is 0 Å². The molecular formula is C28H28N6. The summed E-state index contributed by atoms with van der Waals surface area (Å²) in [5.41, 5.74) is 8.69. The predicted molar refractivity (Wildman–Crippen MR) is 135 cm³/mol. The van der Waals surface area contributed by atoms with Gasteiger partial charge in [0.2, 0.25) is 0 Å². The second-order valence-corrected chi connectivity index (χ2v) is 10.1. The van der Waals surface area contributed by atoms with E-state index in [1.165, 1.54) is 47.0 Å². The van der Waals surface area contributed by atoms with E-state index in [9.17, 15) is 0 Å². The van der Waals surface area contributed by atoms with Crippen LogP contribution in [0.5, 0.6) is 0 Å². The fraction of sp³-hybridized carbons (Fsp3) is 0.321. The van der Waals surface area contributed by atoms with Gasteiger partial charge in [-0.15, -0.1) is 0 Å². The van der Waals surface area contributed by atoms with Gasteiger partial charge in [-0.25, -0.2) is 9.50 Å². The number of benzene rings is 1. The van der Waals surface area contributed by atoms with Gasteiger partial charge in [0.15, 0.2) is 5.82 Å². The van der Waals surface area contributed by atoms with Gasteiger partial charge in [-0.05, 0) is 67.9 Å². The molecule has 2 aliphatic rings. The molecule has 0 bridgehead atoms. The Morgan fingerprint density at radius 3 is 2.65 bits per heavy atom. The molecule has 6 heteroatoms. The summed E-state index contributed by atoms with van der Waals surface area (Å²) in [6, 6.07) is 15.1. The van der Waals surface area contributed by atoms with Crippen LogP contribution in [-0.2, 0) is 19.9 Å². The molecule has 1 saturated heterocycles. The van der Waals surface area contributed by atoms with Crippen molar-refractivity contribution in [3.05, 3.63) is 78.0 Å². The maximum Gasteiger partial charge on any atom is 0.155 e. The molecule has 1 spiro atoms. The van der Waals surface area contributed by atoms with E-state index in [1.807, 2.05) is 12.4 Å². The van der Waals surface area contributed by atoms with Crippen molar-refractivity contribution in [1.82, 2.24) is 24.1 Å². The Morgan fingerprint density at radius 1 is 0.912 bits per heavy atom. The topological polar surface area (TPSA) is 51.3 Å². The van der Waals surface area contributed by atoms with E-state index < -0.39 is 0 Å². The molecular weight excluding hydrogens is 420 g/mol. The molecule has 4 aromatic heterocycles. The molecule has 0 radical (unpaired) electrons. The lowest BCUT2D eigenvalue weighted by Gasteiger charge is -2.40. The predicted octanol–water partition coefficient (Wildman–Crippen LogP) is 4.98. The third-order valence-corrected chi connectivity index (χ3v) is 8.10. The Kier molecular flexibility index (Phi) is 4.16. The monoisotopic (exact) mass is 448 g/mol. The number of hydrogen-bond donors (Lipinski definition) is 0. The van der Waals surface area contributed by atoms with Crippen LogP contribution in [0.4, 0.5) is 5.82 Å². The lowest BCUT2D eigenvalue weighted by Crippen LogP contribution is -2.41. The number of fused-ring (bicyclic) bond motifs is 3. The zero-order chi connectivity index (χ0) is 22.9. The van der Waals surface area contributed by atoms with Crippen LogP contribution >= 0.6 is 0 Å². The Labute approximate surface area is 198 Å². The van der Waals surface area contributed by atoms with Crippen LogP contribution in [0.25, 0.3) is 27.7 Å². The number of anilines is 1. The van der Waals surface area contributed by atoms with Gasteiger partial charge in [-0.3, -0.25) is 4.98 Å². The summed E-state index contributed by atoms with van der Waals surface area (Å²) in [6.07, 6.45) is 10.6. The van der Waals surface area contributed by atoms with Crippen molar-refractivity contribution in [2.24, 2.45) is 12.5 Å². The highest BCUT2D eigenvalue weighted by molar-refractivity contribution is 5.96. The summed E-state index contributed by atoms with van der Waals surface area (Å²) in [5, 5.41) is 5.99. The van der Waals surface area contributed by atoms with Crippen LogP contribution in [0, 0.1) is 12.3 Å². The Bertz CT molecular complexity index is 1520. The molecule has 0 atom stereocenters. The average molecular weight is 449 g/mol. The van der Waals surface area contributed by atoms with E-state index in [2.05, 4.69) is 81.6 Å². The molecule has 1 aliphatic heterocycles.